The van der Waals surface area contributed by atoms with Crippen molar-refractivity contribution in [3.05, 3.63) is 59.9 Å². The lowest BCUT2D eigenvalue weighted by Gasteiger charge is -2.40. The minimum absolute atomic E-state index is 0.0782. The number of nitrogens with one attached hydrogen (secondary N) is 2. The topological polar surface area (TPSA) is 86.4 Å². The van der Waals surface area contributed by atoms with Gasteiger partial charge in [-0.05, 0) is 43.3 Å². The molecule has 1 aliphatic rings. The largest absolute Gasteiger partial charge is 0.417 e. The zero-order valence-corrected chi connectivity index (χ0v) is 18.8. The maximum atomic E-state index is 12.8. The molecular weight excluding hydrogens is 449 g/mol. The highest BCUT2D eigenvalue weighted by Gasteiger charge is 2.32. The second-order valence-corrected chi connectivity index (χ2v) is 8.10. The number of benzene rings is 1. The third-order valence-corrected chi connectivity index (χ3v) is 5.74. The fraction of sp³-hybridized carbons (Fsp3) is 0.348. The van der Waals surface area contributed by atoms with Crippen LogP contribution in [0.3, 0.4) is 0 Å². The molecule has 11 heteroatoms. The van der Waals surface area contributed by atoms with Gasteiger partial charge in [-0.15, -0.1) is 0 Å². The minimum Gasteiger partial charge on any atom is -0.410 e. The van der Waals surface area contributed by atoms with E-state index in [0.29, 0.717) is 24.7 Å². The van der Waals surface area contributed by atoms with E-state index in [0.717, 1.165) is 42.2 Å². The van der Waals surface area contributed by atoms with Crippen LogP contribution in [0.5, 0.6) is 5.75 Å². The number of ether oxygens (including phenoxy) is 1. The van der Waals surface area contributed by atoms with Gasteiger partial charge < -0.3 is 15.0 Å². The molecule has 2 N–H and O–H groups in total. The second kappa shape index (κ2) is 9.72. The van der Waals surface area contributed by atoms with Crippen LogP contribution in [-0.4, -0.2) is 58.9 Å². The summed E-state index contributed by atoms with van der Waals surface area (Å²) in [6, 6.07) is 9.69. The van der Waals surface area contributed by atoms with Gasteiger partial charge in [0.2, 0.25) is 0 Å². The van der Waals surface area contributed by atoms with Crippen molar-refractivity contribution in [2.45, 2.75) is 25.7 Å². The Kier molecular flexibility index (Phi) is 6.73. The van der Waals surface area contributed by atoms with Gasteiger partial charge in [0, 0.05) is 62.8 Å². The molecule has 8 nitrogen and oxygen atoms in total. The van der Waals surface area contributed by atoms with Gasteiger partial charge in [0.25, 0.3) is 0 Å². The lowest BCUT2D eigenvalue weighted by Crippen LogP contribution is -2.51. The van der Waals surface area contributed by atoms with E-state index in [9.17, 15) is 18.0 Å². The Balaban J connectivity index is 1.39. The molecule has 0 bridgehead atoms. The summed E-state index contributed by atoms with van der Waals surface area (Å²) < 4.78 is 43.6. The van der Waals surface area contributed by atoms with Crippen LogP contribution in [0, 0.1) is 0 Å². The zero-order chi connectivity index (χ0) is 24.3. The SMILES string of the molecule is CNC(=O)Oc1ccc(-c2n[nH]cc2CN2CCN(c3ccc(C(F)(F)F)cn3)[C@H](C)C2)cc1. The first-order valence-electron chi connectivity index (χ1n) is 10.8. The van der Waals surface area contributed by atoms with Crippen LogP contribution in [0.15, 0.2) is 48.8 Å². The van der Waals surface area contributed by atoms with Gasteiger partial charge in [-0.1, -0.05) is 0 Å². The number of pyridine rings is 1. The Morgan fingerprint density at radius 3 is 2.59 bits per heavy atom. The van der Waals surface area contributed by atoms with E-state index < -0.39 is 17.8 Å². The molecule has 1 saturated heterocycles. The van der Waals surface area contributed by atoms with Crippen LogP contribution < -0.4 is 15.0 Å². The standard InChI is InChI=1S/C23H25F3N6O2/c1-15-13-31(9-10-32(15)20-8-5-18(12-28-20)23(24,25)26)14-17-11-29-30-21(17)16-3-6-19(7-4-16)34-22(33)27-2/h3-8,11-12,15H,9-10,13-14H2,1-2H3,(H,27,33)(H,29,30)/t15-/m1/s1. The maximum Gasteiger partial charge on any atom is 0.417 e. The molecule has 1 atom stereocenters. The van der Waals surface area contributed by atoms with Gasteiger partial charge in [0.05, 0.1) is 11.3 Å². The smallest absolute Gasteiger partial charge is 0.410 e. The number of amides is 1. The molecular formula is C23H25F3N6O2. The molecule has 3 heterocycles. The summed E-state index contributed by atoms with van der Waals surface area (Å²) in [6.45, 7) is 4.81. The highest BCUT2D eigenvalue weighted by Crippen LogP contribution is 2.30. The number of carbonyl (C=O) groups is 1. The molecule has 1 fully saturated rings. The molecule has 0 spiro atoms. The van der Waals surface area contributed by atoms with Crippen LogP contribution in [0.25, 0.3) is 11.3 Å². The van der Waals surface area contributed by atoms with E-state index in [1.165, 1.54) is 13.1 Å². The lowest BCUT2D eigenvalue weighted by molar-refractivity contribution is -0.137. The molecule has 1 amide bonds. The third-order valence-electron chi connectivity index (χ3n) is 5.74. The number of aromatic nitrogens is 3. The van der Waals surface area contributed by atoms with Crippen molar-refractivity contribution >= 4 is 11.9 Å². The van der Waals surface area contributed by atoms with Crippen molar-refractivity contribution in [2.75, 3.05) is 31.6 Å². The summed E-state index contributed by atoms with van der Waals surface area (Å²) in [6.07, 6.45) is -2.18. The first kappa shape index (κ1) is 23.6. The van der Waals surface area contributed by atoms with Gasteiger partial charge in [0.1, 0.15) is 11.6 Å². The van der Waals surface area contributed by atoms with Gasteiger partial charge >= 0.3 is 12.3 Å². The molecule has 180 valence electrons. The molecule has 0 radical (unpaired) electrons. The molecule has 0 aliphatic carbocycles. The predicted octanol–water partition coefficient (Wildman–Crippen LogP) is 3.92. The number of hydrogen-bond donors (Lipinski definition) is 2. The fourth-order valence-electron chi connectivity index (χ4n) is 4.01. The normalized spacial score (nSPS) is 17.0. The van der Waals surface area contributed by atoms with Crippen molar-refractivity contribution in [1.29, 1.82) is 0 Å². The number of nitrogens with zero attached hydrogens (tertiary/aromatic N) is 4. The zero-order valence-electron chi connectivity index (χ0n) is 18.8. The molecule has 0 unspecified atom stereocenters. The fourth-order valence-corrected chi connectivity index (χ4v) is 4.01. The number of piperazine rings is 1. The van der Waals surface area contributed by atoms with Crippen molar-refractivity contribution in [3.63, 3.8) is 0 Å². The summed E-state index contributed by atoms with van der Waals surface area (Å²) in [5.74, 6) is 0.977. The summed E-state index contributed by atoms with van der Waals surface area (Å²) in [5.41, 5.74) is 1.98. The van der Waals surface area contributed by atoms with Crippen LogP contribution in [-0.2, 0) is 12.7 Å². The lowest BCUT2D eigenvalue weighted by atomic mass is 10.1. The summed E-state index contributed by atoms with van der Waals surface area (Å²) in [5, 5.41) is 9.70. The number of hydrogen-bond acceptors (Lipinski definition) is 6. The number of aromatic amines is 1. The highest BCUT2D eigenvalue weighted by atomic mass is 19.4. The Labute approximate surface area is 194 Å². The average molecular weight is 474 g/mol. The van der Waals surface area contributed by atoms with Gasteiger partial charge in [0.15, 0.2) is 0 Å². The molecule has 2 aromatic heterocycles. The Morgan fingerprint density at radius 2 is 1.97 bits per heavy atom. The van der Waals surface area contributed by atoms with Gasteiger partial charge in [-0.2, -0.15) is 18.3 Å². The Bertz CT molecular complexity index is 1110. The summed E-state index contributed by atoms with van der Waals surface area (Å²) in [7, 11) is 1.49. The van der Waals surface area contributed by atoms with E-state index in [-0.39, 0.29) is 6.04 Å². The number of H-pyrrole nitrogens is 1. The molecule has 0 saturated carbocycles. The number of anilines is 1. The van der Waals surface area contributed by atoms with E-state index in [2.05, 4.69) is 25.4 Å². The number of halogens is 3. The van der Waals surface area contributed by atoms with Crippen LogP contribution in [0.2, 0.25) is 0 Å². The molecule has 34 heavy (non-hydrogen) atoms. The Hall–Kier alpha value is -3.60. The first-order chi connectivity index (χ1) is 16.2. The Morgan fingerprint density at radius 1 is 1.21 bits per heavy atom. The molecule has 3 aromatic rings. The maximum absolute atomic E-state index is 12.8. The van der Waals surface area contributed by atoms with Gasteiger partial charge in [-0.3, -0.25) is 10.00 Å². The quantitative estimate of drug-likeness (QED) is 0.583. The number of alkyl halides is 3. The van der Waals surface area contributed by atoms with Crippen molar-refractivity contribution < 1.29 is 22.7 Å². The van der Waals surface area contributed by atoms with Crippen LogP contribution >= 0.6 is 0 Å². The number of carbonyl (C=O) groups excluding carboxylic acids is 1. The monoisotopic (exact) mass is 474 g/mol. The highest BCUT2D eigenvalue weighted by molar-refractivity contribution is 5.70. The van der Waals surface area contributed by atoms with Crippen LogP contribution in [0.4, 0.5) is 23.8 Å². The summed E-state index contributed by atoms with van der Waals surface area (Å²) in [4.78, 5) is 19.7. The second-order valence-electron chi connectivity index (χ2n) is 8.10. The van der Waals surface area contributed by atoms with Crippen molar-refractivity contribution in [3.8, 4) is 17.0 Å². The molecule has 1 aliphatic heterocycles. The predicted molar refractivity (Wildman–Crippen MR) is 120 cm³/mol. The van der Waals surface area contributed by atoms with Crippen molar-refractivity contribution in [2.24, 2.45) is 0 Å². The molecule has 4 rings (SSSR count). The van der Waals surface area contributed by atoms with E-state index in [1.54, 1.807) is 12.1 Å². The van der Waals surface area contributed by atoms with Crippen LogP contribution in [0.1, 0.15) is 18.1 Å². The number of rotatable bonds is 5. The first-order valence-corrected chi connectivity index (χ1v) is 10.8. The van der Waals surface area contributed by atoms with E-state index in [4.69, 9.17) is 4.74 Å². The van der Waals surface area contributed by atoms with Crippen molar-refractivity contribution in [1.82, 2.24) is 25.4 Å². The summed E-state index contributed by atoms with van der Waals surface area (Å²) >= 11 is 0. The van der Waals surface area contributed by atoms with E-state index in [1.807, 2.05) is 30.2 Å². The van der Waals surface area contributed by atoms with Gasteiger partial charge in [-0.25, -0.2) is 9.78 Å². The van der Waals surface area contributed by atoms with E-state index >= 15 is 0 Å². The minimum atomic E-state index is -4.39. The average Bonchev–Trinajstić information content (AvgIpc) is 3.27. The third kappa shape index (κ3) is 5.30. The molecule has 1 aromatic carbocycles.